The van der Waals surface area contributed by atoms with E-state index in [1.807, 2.05) is 23.1 Å². The first kappa shape index (κ1) is 17.4. The second-order valence-corrected chi connectivity index (χ2v) is 7.43. The Morgan fingerprint density at radius 2 is 2.10 bits per heavy atom. The van der Waals surface area contributed by atoms with Gasteiger partial charge in [0.25, 0.3) is 0 Å². The van der Waals surface area contributed by atoms with Gasteiger partial charge in [0, 0.05) is 31.3 Å². The summed E-state index contributed by atoms with van der Waals surface area (Å²) in [7, 11) is 0. The standard InChI is InChI=1S/C20H19N7O2/c1-11(28)27-8-6-12(7-9-27)17-19(21-2)16(14-10-22-24-20(14)23-17)13-4-3-5-15-18(13)26-29-25-15/h3-5,10,12,16H,6-9H2,1H3,(H2,22,23,24). The highest BCUT2D eigenvalue weighted by Crippen LogP contribution is 2.45. The molecule has 146 valence electrons. The van der Waals surface area contributed by atoms with E-state index in [1.54, 1.807) is 13.1 Å². The second-order valence-electron chi connectivity index (χ2n) is 7.43. The van der Waals surface area contributed by atoms with Gasteiger partial charge in [0.2, 0.25) is 5.91 Å². The van der Waals surface area contributed by atoms with Crippen LogP contribution in [0.3, 0.4) is 0 Å². The maximum Gasteiger partial charge on any atom is 0.219 e. The molecule has 2 aromatic heterocycles. The van der Waals surface area contributed by atoms with Crippen LogP contribution in [-0.4, -0.2) is 44.4 Å². The zero-order chi connectivity index (χ0) is 20.0. The molecule has 1 atom stereocenters. The number of carbonyl (C=O) groups is 1. The molecule has 1 unspecified atom stereocenters. The third kappa shape index (κ3) is 2.76. The number of allylic oxidation sites excluding steroid dienone is 2. The zero-order valence-corrected chi connectivity index (χ0v) is 15.8. The fraction of sp³-hybridized carbons (Fsp3) is 0.350. The normalized spacial score (nSPS) is 19.7. The molecule has 0 spiro atoms. The van der Waals surface area contributed by atoms with Gasteiger partial charge in [0.1, 0.15) is 16.9 Å². The molecule has 0 radical (unpaired) electrons. The van der Waals surface area contributed by atoms with Crippen LogP contribution in [0.2, 0.25) is 0 Å². The lowest BCUT2D eigenvalue weighted by molar-refractivity contribution is -0.130. The Morgan fingerprint density at radius 3 is 2.86 bits per heavy atom. The van der Waals surface area contributed by atoms with Crippen molar-refractivity contribution in [3.63, 3.8) is 0 Å². The second kappa shape index (κ2) is 6.74. The third-order valence-electron chi connectivity index (χ3n) is 5.89. The van der Waals surface area contributed by atoms with Crippen LogP contribution in [0.5, 0.6) is 0 Å². The minimum Gasteiger partial charge on any atom is -0.354 e. The van der Waals surface area contributed by atoms with E-state index < -0.39 is 0 Å². The molecular formula is C20H19N7O2. The van der Waals surface area contributed by atoms with Crippen molar-refractivity contribution in [2.75, 3.05) is 18.4 Å². The molecule has 9 nitrogen and oxygen atoms in total. The predicted molar refractivity (Wildman–Crippen MR) is 104 cm³/mol. The van der Waals surface area contributed by atoms with Crippen molar-refractivity contribution in [3.8, 4) is 0 Å². The molecule has 0 saturated carbocycles. The number of nitrogens with zero attached hydrogens (tertiary/aromatic N) is 5. The predicted octanol–water partition coefficient (Wildman–Crippen LogP) is 2.89. The number of carbonyl (C=O) groups excluding carboxylic acids is 1. The topological polar surface area (TPSA) is 104 Å². The number of anilines is 1. The molecule has 9 heteroatoms. The van der Waals surface area contributed by atoms with E-state index in [1.165, 1.54) is 0 Å². The SMILES string of the molecule is [C-]#[N+]C1=C(C2CCN(C(C)=O)CC2)Nc2[nH]ncc2C1c1cccc2nonc12. The van der Waals surface area contributed by atoms with Gasteiger partial charge in [-0.3, -0.25) is 9.89 Å². The van der Waals surface area contributed by atoms with Gasteiger partial charge in [-0.05, 0) is 40.7 Å². The Hall–Kier alpha value is -3.67. The number of nitrogens with one attached hydrogen (secondary N) is 2. The lowest BCUT2D eigenvalue weighted by Gasteiger charge is -2.36. The summed E-state index contributed by atoms with van der Waals surface area (Å²) in [6, 6.07) is 5.70. The zero-order valence-electron chi connectivity index (χ0n) is 15.8. The van der Waals surface area contributed by atoms with Crippen molar-refractivity contribution < 1.29 is 9.42 Å². The van der Waals surface area contributed by atoms with Gasteiger partial charge >= 0.3 is 0 Å². The highest BCUT2D eigenvalue weighted by atomic mass is 16.6. The molecule has 0 aliphatic carbocycles. The van der Waals surface area contributed by atoms with Crippen LogP contribution in [-0.2, 0) is 4.79 Å². The summed E-state index contributed by atoms with van der Waals surface area (Å²) >= 11 is 0. The maximum atomic E-state index is 11.7. The number of benzene rings is 1. The molecule has 1 aromatic carbocycles. The molecule has 0 bridgehead atoms. The largest absolute Gasteiger partial charge is 0.354 e. The lowest BCUT2D eigenvalue weighted by atomic mass is 9.81. The number of aromatic amines is 1. The Balaban J connectivity index is 1.61. The van der Waals surface area contributed by atoms with Crippen LogP contribution >= 0.6 is 0 Å². The molecule has 3 aromatic rings. The van der Waals surface area contributed by atoms with Crippen LogP contribution in [0, 0.1) is 12.5 Å². The number of piperidine rings is 1. The van der Waals surface area contributed by atoms with E-state index in [0.717, 1.165) is 35.5 Å². The van der Waals surface area contributed by atoms with Crippen molar-refractivity contribution in [2.45, 2.75) is 25.7 Å². The van der Waals surface area contributed by atoms with E-state index in [4.69, 9.17) is 11.2 Å². The molecule has 5 rings (SSSR count). The van der Waals surface area contributed by atoms with E-state index in [2.05, 4.69) is 30.7 Å². The molecule has 2 aliphatic heterocycles. The number of aromatic nitrogens is 4. The number of fused-ring (bicyclic) bond motifs is 2. The Labute approximate surface area is 166 Å². The fourth-order valence-electron chi connectivity index (χ4n) is 4.41. The number of H-pyrrole nitrogens is 1. The summed E-state index contributed by atoms with van der Waals surface area (Å²) in [5, 5.41) is 18.7. The third-order valence-corrected chi connectivity index (χ3v) is 5.89. The Bertz CT molecular complexity index is 1160. The summed E-state index contributed by atoms with van der Waals surface area (Å²) < 4.78 is 4.94. The smallest absolute Gasteiger partial charge is 0.219 e. The fourth-order valence-corrected chi connectivity index (χ4v) is 4.41. The minimum atomic E-state index is -0.307. The van der Waals surface area contributed by atoms with Crippen molar-refractivity contribution >= 4 is 22.8 Å². The molecular weight excluding hydrogens is 370 g/mol. The first-order chi connectivity index (χ1) is 14.2. The number of amides is 1. The monoisotopic (exact) mass is 389 g/mol. The number of rotatable bonds is 2. The molecule has 2 aliphatic rings. The molecule has 4 heterocycles. The Kier molecular flexibility index (Phi) is 4.05. The van der Waals surface area contributed by atoms with Gasteiger partial charge in [-0.2, -0.15) is 5.10 Å². The summed E-state index contributed by atoms with van der Waals surface area (Å²) in [5.41, 5.74) is 4.62. The van der Waals surface area contributed by atoms with Crippen molar-refractivity contribution in [1.29, 1.82) is 0 Å². The minimum absolute atomic E-state index is 0.0957. The van der Waals surface area contributed by atoms with Crippen molar-refractivity contribution in [2.24, 2.45) is 5.92 Å². The van der Waals surface area contributed by atoms with E-state index in [-0.39, 0.29) is 17.7 Å². The maximum absolute atomic E-state index is 11.7. The van der Waals surface area contributed by atoms with Crippen LogP contribution < -0.4 is 5.32 Å². The first-order valence-electron chi connectivity index (χ1n) is 9.56. The van der Waals surface area contributed by atoms with E-state index in [9.17, 15) is 4.79 Å². The Morgan fingerprint density at radius 1 is 1.28 bits per heavy atom. The van der Waals surface area contributed by atoms with Crippen LogP contribution in [0.15, 0.2) is 40.4 Å². The number of hydrogen-bond donors (Lipinski definition) is 2. The van der Waals surface area contributed by atoms with Gasteiger partial charge in [0.05, 0.1) is 18.7 Å². The number of hydrogen-bond acceptors (Lipinski definition) is 6. The van der Waals surface area contributed by atoms with Gasteiger partial charge in [-0.15, -0.1) is 0 Å². The summed E-state index contributed by atoms with van der Waals surface area (Å²) in [6.45, 7) is 11.0. The van der Waals surface area contributed by atoms with Gasteiger partial charge in [0.15, 0.2) is 5.70 Å². The highest BCUT2D eigenvalue weighted by molar-refractivity contribution is 5.80. The summed E-state index contributed by atoms with van der Waals surface area (Å²) in [4.78, 5) is 17.5. The average molecular weight is 389 g/mol. The average Bonchev–Trinajstić information content (AvgIpc) is 3.41. The number of likely N-dealkylation sites (tertiary alicyclic amines) is 1. The molecule has 1 amide bonds. The van der Waals surface area contributed by atoms with Crippen LogP contribution in [0.4, 0.5) is 5.82 Å². The quantitative estimate of drug-likeness (QED) is 0.653. The van der Waals surface area contributed by atoms with Crippen LogP contribution in [0.25, 0.3) is 15.9 Å². The van der Waals surface area contributed by atoms with Crippen molar-refractivity contribution in [1.82, 2.24) is 25.4 Å². The molecule has 1 saturated heterocycles. The van der Waals surface area contributed by atoms with Crippen LogP contribution in [0.1, 0.15) is 36.8 Å². The van der Waals surface area contributed by atoms with Gasteiger partial charge in [-0.25, -0.2) is 9.47 Å². The van der Waals surface area contributed by atoms with Crippen molar-refractivity contribution in [3.05, 3.63) is 58.3 Å². The first-order valence-corrected chi connectivity index (χ1v) is 9.56. The highest BCUT2D eigenvalue weighted by Gasteiger charge is 2.37. The summed E-state index contributed by atoms with van der Waals surface area (Å²) in [6.07, 6.45) is 3.37. The van der Waals surface area contributed by atoms with Gasteiger partial charge < -0.3 is 10.2 Å². The molecule has 2 N–H and O–H groups in total. The molecule has 1 fully saturated rings. The summed E-state index contributed by atoms with van der Waals surface area (Å²) in [5.74, 6) is 0.750. The van der Waals surface area contributed by atoms with E-state index in [0.29, 0.717) is 29.8 Å². The molecule has 29 heavy (non-hydrogen) atoms. The lowest BCUT2D eigenvalue weighted by Crippen LogP contribution is -2.38. The van der Waals surface area contributed by atoms with E-state index >= 15 is 0 Å². The van der Waals surface area contributed by atoms with Gasteiger partial charge in [-0.1, -0.05) is 12.1 Å².